The number of aromatic hydroxyl groups is 1. The van der Waals surface area contributed by atoms with Gasteiger partial charge in [0.15, 0.2) is 0 Å². The van der Waals surface area contributed by atoms with Crippen molar-refractivity contribution in [2.45, 2.75) is 13.8 Å². The summed E-state index contributed by atoms with van der Waals surface area (Å²) < 4.78 is 0. The first-order valence-electron chi connectivity index (χ1n) is 6.14. The topological polar surface area (TPSA) is 70.4 Å². The normalized spacial score (nSPS) is 10.9. The second-order valence-corrected chi connectivity index (χ2v) is 4.64. The molecule has 0 amide bonds. The standard InChI is InChI=1S/C16H15NO3/c1-10-5-14(18)6-11(2)15(10)4-3-12-7-13(16(19)20)9-17-8-12/h3-9,18H,1-2H3,(H,19,20). The van der Waals surface area contributed by atoms with E-state index in [0.717, 1.165) is 22.3 Å². The van der Waals surface area contributed by atoms with E-state index in [9.17, 15) is 9.90 Å². The van der Waals surface area contributed by atoms with E-state index >= 15 is 0 Å². The fraction of sp³-hybridized carbons (Fsp3) is 0.125. The van der Waals surface area contributed by atoms with Gasteiger partial charge >= 0.3 is 5.97 Å². The van der Waals surface area contributed by atoms with E-state index in [4.69, 9.17) is 5.11 Å². The fourth-order valence-corrected chi connectivity index (χ4v) is 2.06. The van der Waals surface area contributed by atoms with Gasteiger partial charge in [0.25, 0.3) is 0 Å². The van der Waals surface area contributed by atoms with Gasteiger partial charge in [-0.2, -0.15) is 0 Å². The maximum Gasteiger partial charge on any atom is 0.337 e. The molecular weight excluding hydrogens is 254 g/mol. The van der Waals surface area contributed by atoms with E-state index in [1.165, 1.54) is 6.20 Å². The third-order valence-corrected chi connectivity index (χ3v) is 3.03. The summed E-state index contributed by atoms with van der Waals surface area (Å²) in [5, 5.41) is 18.4. The lowest BCUT2D eigenvalue weighted by molar-refractivity contribution is 0.0696. The minimum atomic E-state index is -0.996. The highest BCUT2D eigenvalue weighted by Gasteiger charge is 2.04. The molecule has 0 unspecified atom stereocenters. The Morgan fingerprint density at radius 2 is 1.75 bits per heavy atom. The van der Waals surface area contributed by atoms with Crippen LogP contribution in [-0.2, 0) is 0 Å². The molecule has 2 N–H and O–H groups in total. The predicted molar refractivity (Wildman–Crippen MR) is 77.7 cm³/mol. The number of aromatic carboxylic acids is 1. The molecular formula is C16H15NO3. The van der Waals surface area contributed by atoms with Crippen molar-refractivity contribution in [1.29, 1.82) is 0 Å². The quantitative estimate of drug-likeness (QED) is 0.897. The average Bonchev–Trinajstić information content (AvgIpc) is 2.37. The van der Waals surface area contributed by atoms with Crippen molar-refractivity contribution in [3.05, 3.63) is 58.4 Å². The Hall–Kier alpha value is -2.62. The first-order chi connectivity index (χ1) is 9.47. The van der Waals surface area contributed by atoms with Gasteiger partial charge in [0.05, 0.1) is 5.56 Å². The number of nitrogens with zero attached hydrogens (tertiary/aromatic N) is 1. The summed E-state index contributed by atoms with van der Waals surface area (Å²) in [7, 11) is 0. The third-order valence-electron chi connectivity index (χ3n) is 3.03. The maximum absolute atomic E-state index is 10.9. The second-order valence-electron chi connectivity index (χ2n) is 4.64. The van der Waals surface area contributed by atoms with Gasteiger partial charge < -0.3 is 10.2 Å². The fourth-order valence-electron chi connectivity index (χ4n) is 2.06. The molecule has 1 aromatic carbocycles. The van der Waals surface area contributed by atoms with Crippen LogP contribution in [-0.4, -0.2) is 21.2 Å². The molecule has 102 valence electrons. The Morgan fingerprint density at radius 3 is 2.35 bits per heavy atom. The molecule has 0 radical (unpaired) electrons. The van der Waals surface area contributed by atoms with Crippen molar-refractivity contribution in [3.8, 4) is 5.75 Å². The van der Waals surface area contributed by atoms with E-state index in [1.54, 1.807) is 24.4 Å². The summed E-state index contributed by atoms with van der Waals surface area (Å²) in [6, 6.07) is 4.95. The van der Waals surface area contributed by atoms with Gasteiger partial charge in [-0.15, -0.1) is 0 Å². The monoisotopic (exact) mass is 269 g/mol. The molecule has 4 heteroatoms. The molecule has 1 aromatic heterocycles. The number of hydrogen-bond donors (Lipinski definition) is 2. The lowest BCUT2D eigenvalue weighted by atomic mass is 10.0. The Labute approximate surface area is 117 Å². The first-order valence-corrected chi connectivity index (χ1v) is 6.14. The molecule has 0 fully saturated rings. The molecule has 0 aliphatic heterocycles. The zero-order valence-corrected chi connectivity index (χ0v) is 11.3. The van der Waals surface area contributed by atoms with Crippen LogP contribution >= 0.6 is 0 Å². The molecule has 4 nitrogen and oxygen atoms in total. The van der Waals surface area contributed by atoms with Gasteiger partial charge in [0.1, 0.15) is 5.75 Å². The predicted octanol–water partition coefficient (Wildman–Crippen LogP) is 3.27. The van der Waals surface area contributed by atoms with Gasteiger partial charge in [-0.25, -0.2) is 4.79 Å². The number of aromatic nitrogens is 1. The number of carbonyl (C=O) groups is 1. The molecule has 0 aliphatic carbocycles. The van der Waals surface area contributed by atoms with Gasteiger partial charge in [-0.1, -0.05) is 12.2 Å². The zero-order valence-electron chi connectivity index (χ0n) is 11.3. The summed E-state index contributed by atoms with van der Waals surface area (Å²) >= 11 is 0. The van der Waals surface area contributed by atoms with Gasteiger partial charge in [-0.3, -0.25) is 4.98 Å². The summed E-state index contributed by atoms with van der Waals surface area (Å²) in [5.41, 5.74) is 3.80. The highest BCUT2D eigenvalue weighted by atomic mass is 16.4. The van der Waals surface area contributed by atoms with Crippen LogP contribution < -0.4 is 0 Å². The maximum atomic E-state index is 10.9. The molecule has 0 aliphatic rings. The minimum Gasteiger partial charge on any atom is -0.508 e. The highest BCUT2D eigenvalue weighted by Crippen LogP contribution is 2.22. The number of benzene rings is 1. The molecule has 0 saturated heterocycles. The minimum absolute atomic E-state index is 0.159. The van der Waals surface area contributed by atoms with Crippen LogP contribution in [0.25, 0.3) is 12.2 Å². The first kappa shape index (κ1) is 13.8. The number of pyridine rings is 1. The molecule has 2 rings (SSSR count). The van der Waals surface area contributed by atoms with Crippen molar-refractivity contribution in [3.63, 3.8) is 0 Å². The summed E-state index contributed by atoms with van der Waals surface area (Å²) in [6.45, 7) is 3.83. The van der Waals surface area contributed by atoms with Crippen LogP contribution in [0, 0.1) is 13.8 Å². The smallest absolute Gasteiger partial charge is 0.337 e. The molecule has 20 heavy (non-hydrogen) atoms. The van der Waals surface area contributed by atoms with Crippen LogP contribution in [0.15, 0.2) is 30.6 Å². The van der Waals surface area contributed by atoms with Crippen LogP contribution in [0.3, 0.4) is 0 Å². The van der Waals surface area contributed by atoms with E-state index in [0.29, 0.717) is 0 Å². The second kappa shape index (κ2) is 5.57. The van der Waals surface area contributed by atoms with Gasteiger partial charge in [0, 0.05) is 12.4 Å². The van der Waals surface area contributed by atoms with Crippen molar-refractivity contribution >= 4 is 18.1 Å². The number of rotatable bonds is 3. The molecule has 0 spiro atoms. The van der Waals surface area contributed by atoms with Gasteiger partial charge in [-0.05, 0) is 54.3 Å². The van der Waals surface area contributed by atoms with Crippen molar-refractivity contribution < 1.29 is 15.0 Å². The number of phenols is 1. The average molecular weight is 269 g/mol. The van der Waals surface area contributed by atoms with Crippen LogP contribution in [0.5, 0.6) is 5.75 Å². The van der Waals surface area contributed by atoms with E-state index in [-0.39, 0.29) is 11.3 Å². The Bertz CT molecular complexity index is 667. The highest BCUT2D eigenvalue weighted by molar-refractivity contribution is 5.88. The van der Waals surface area contributed by atoms with E-state index in [2.05, 4.69) is 4.98 Å². The molecule has 0 atom stereocenters. The molecule has 2 aromatic rings. The van der Waals surface area contributed by atoms with Crippen LogP contribution in [0.4, 0.5) is 0 Å². The van der Waals surface area contributed by atoms with E-state index in [1.807, 2.05) is 26.0 Å². The van der Waals surface area contributed by atoms with Crippen molar-refractivity contribution in [2.75, 3.05) is 0 Å². The number of carboxylic acids is 1. The SMILES string of the molecule is Cc1cc(O)cc(C)c1C=Cc1cncc(C(=O)O)c1. The molecule has 0 bridgehead atoms. The lowest BCUT2D eigenvalue weighted by Crippen LogP contribution is -1.97. The summed E-state index contributed by atoms with van der Waals surface area (Å²) in [6.07, 6.45) is 6.63. The third kappa shape index (κ3) is 3.03. The van der Waals surface area contributed by atoms with E-state index < -0.39 is 5.97 Å². The van der Waals surface area contributed by atoms with Crippen LogP contribution in [0.2, 0.25) is 0 Å². The van der Waals surface area contributed by atoms with Crippen molar-refractivity contribution in [1.82, 2.24) is 4.98 Å². The molecule has 1 heterocycles. The lowest BCUT2D eigenvalue weighted by Gasteiger charge is -2.06. The number of aryl methyl sites for hydroxylation is 2. The summed E-state index contributed by atoms with van der Waals surface area (Å²) in [5.74, 6) is -0.753. The largest absolute Gasteiger partial charge is 0.508 e. The Morgan fingerprint density at radius 1 is 1.10 bits per heavy atom. The number of hydrogen-bond acceptors (Lipinski definition) is 3. The van der Waals surface area contributed by atoms with Gasteiger partial charge in [0.2, 0.25) is 0 Å². The Balaban J connectivity index is 2.35. The Kier molecular flexibility index (Phi) is 3.84. The summed E-state index contributed by atoms with van der Waals surface area (Å²) in [4.78, 5) is 14.8. The number of phenolic OH excluding ortho intramolecular Hbond substituents is 1. The zero-order chi connectivity index (χ0) is 14.7. The molecule has 0 saturated carbocycles. The van der Waals surface area contributed by atoms with Crippen molar-refractivity contribution in [2.24, 2.45) is 0 Å². The number of carboxylic acid groups (broad SMARTS) is 1. The van der Waals surface area contributed by atoms with Crippen LogP contribution in [0.1, 0.15) is 32.6 Å².